The second kappa shape index (κ2) is 7.68. The van der Waals surface area contributed by atoms with Crippen LogP contribution in [0.4, 0.5) is 11.4 Å². The number of hydrogen-bond acceptors (Lipinski definition) is 4. The Morgan fingerprint density at radius 3 is 2.58 bits per heavy atom. The van der Waals surface area contributed by atoms with Gasteiger partial charge in [-0.2, -0.15) is 0 Å². The van der Waals surface area contributed by atoms with E-state index >= 15 is 0 Å². The SMILES string of the molecule is Cc1ccc(SC(C)C(=O)Nc2cc([N+](=O)[O-])ccc2Cl)c(C)c1. The fraction of sp³-hybridized carbons (Fsp3) is 0.235. The minimum Gasteiger partial charge on any atom is -0.324 e. The zero-order valence-electron chi connectivity index (χ0n) is 13.5. The Morgan fingerprint density at radius 1 is 1.25 bits per heavy atom. The highest BCUT2D eigenvalue weighted by atomic mass is 35.5. The summed E-state index contributed by atoms with van der Waals surface area (Å²) in [4.78, 5) is 23.7. The summed E-state index contributed by atoms with van der Waals surface area (Å²) in [5.41, 5.74) is 2.39. The van der Waals surface area contributed by atoms with Gasteiger partial charge in [0.05, 0.1) is 20.9 Å². The molecule has 5 nitrogen and oxygen atoms in total. The first-order chi connectivity index (χ1) is 11.3. The fourth-order valence-corrected chi connectivity index (χ4v) is 3.24. The Morgan fingerprint density at radius 2 is 1.96 bits per heavy atom. The molecular weight excluding hydrogens is 348 g/mol. The van der Waals surface area contributed by atoms with Gasteiger partial charge in [-0.25, -0.2) is 0 Å². The number of anilines is 1. The summed E-state index contributed by atoms with van der Waals surface area (Å²) in [5, 5.41) is 13.4. The van der Waals surface area contributed by atoms with Gasteiger partial charge in [0.1, 0.15) is 0 Å². The van der Waals surface area contributed by atoms with E-state index in [-0.39, 0.29) is 27.6 Å². The molecule has 0 saturated heterocycles. The van der Waals surface area contributed by atoms with Gasteiger partial charge in [0.15, 0.2) is 0 Å². The van der Waals surface area contributed by atoms with Crippen molar-refractivity contribution in [2.45, 2.75) is 30.9 Å². The molecule has 24 heavy (non-hydrogen) atoms. The quantitative estimate of drug-likeness (QED) is 0.461. The van der Waals surface area contributed by atoms with Crippen LogP contribution in [0.5, 0.6) is 0 Å². The second-order valence-electron chi connectivity index (χ2n) is 5.44. The minimum atomic E-state index is -0.528. The Balaban J connectivity index is 2.11. The number of hydrogen-bond donors (Lipinski definition) is 1. The first kappa shape index (κ1) is 18.3. The smallest absolute Gasteiger partial charge is 0.271 e. The number of carbonyl (C=O) groups is 1. The molecule has 0 radical (unpaired) electrons. The molecule has 1 amide bonds. The zero-order valence-corrected chi connectivity index (χ0v) is 15.1. The van der Waals surface area contributed by atoms with Crippen LogP contribution in [0.25, 0.3) is 0 Å². The number of rotatable bonds is 5. The summed E-state index contributed by atoms with van der Waals surface area (Å²) < 4.78 is 0. The van der Waals surface area contributed by atoms with Gasteiger partial charge in [-0.05, 0) is 38.5 Å². The lowest BCUT2D eigenvalue weighted by molar-refractivity contribution is -0.384. The maximum Gasteiger partial charge on any atom is 0.271 e. The lowest BCUT2D eigenvalue weighted by Gasteiger charge is -2.14. The van der Waals surface area contributed by atoms with Gasteiger partial charge < -0.3 is 5.32 Å². The van der Waals surface area contributed by atoms with Crippen molar-refractivity contribution in [3.63, 3.8) is 0 Å². The first-order valence-electron chi connectivity index (χ1n) is 7.26. The summed E-state index contributed by atoms with van der Waals surface area (Å²) in [6.07, 6.45) is 0. The molecule has 0 heterocycles. The van der Waals surface area contributed by atoms with Gasteiger partial charge in [-0.3, -0.25) is 14.9 Å². The average molecular weight is 365 g/mol. The van der Waals surface area contributed by atoms with E-state index in [1.165, 1.54) is 30.0 Å². The number of non-ortho nitro benzene ring substituents is 1. The van der Waals surface area contributed by atoms with Gasteiger partial charge >= 0.3 is 0 Å². The van der Waals surface area contributed by atoms with Crippen LogP contribution < -0.4 is 5.32 Å². The van der Waals surface area contributed by atoms with Gasteiger partial charge in [0.25, 0.3) is 5.69 Å². The molecule has 2 aromatic rings. The Hall–Kier alpha value is -2.05. The van der Waals surface area contributed by atoms with E-state index in [9.17, 15) is 14.9 Å². The molecule has 1 N–H and O–H groups in total. The van der Waals surface area contributed by atoms with Gasteiger partial charge in [-0.1, -0.05) is 29.3 Å². The molecule has 0 aliphatic rings. The molecule has 2 aromatic carbocycles. The van der Waals surface area contributed by atoms with Crippen LogP contribution in [-0.4, -0.2) is 16.1 Å². The third kappa shape index (κ3) is 4.49. The van der Waals surface area contributed by atoms with Crippen LogP contribution in [0.15, 0.2) is 41.3 Å². The molecule has 0 aliphatic heterocycles. The molecule has 1 atom stereocenters. The van der Waals surface area contributed by atoms with Crippen molar-refractivity contribution < 1.29 is 9.72 Å². The van der Waals surface area contributed by atoms with E-state index in [0.717, 1.165) is 16.0 Å². The highest BCUT2D eigenvalue weighted by Gasteiger charge is 2.18. The van der Waals surface area contributed by atoms with Crippen LogP contribution >= 0.6 is 23.4 Å². The average Bonchev–Trinajstić information content (AvgIpc) is 2.51. The molecular formula is C17H17ClN2O3S. The summed E-state index contributed by atoms with van der Waals surface area (Å²) in [5.74, 6) is -0.262. The van der Waals surface area contributed by atoms with E-state index < -0.39 is 4.92 Å². The summed E-state index contributed by atoms with van der Waals surface area (Å²) >= 11 is 7.44. The topological polar surface area (TPSA) is 72.2 Å². The van der Waals surface area contributed by atoms with Gasteiger partial charge in [0.2, 0.25) is 5.91 Å². The second-order valence-corrected chi connectivity index (χ2v) is 7.23. The third-order valence-electron chi connectivity index (χ3n) is 3.42. The summed E-state index contributed by atoms with van der Waals surface area (Å²) in [6, 6.07) is 10.00. The monoisotopic (exact) mass is 364 g/mol. The number of thioether (sulfide) groups is 1. The summed E-state index contributed by atoms with van der Waals surface area (Å²) in [7, 11) is 0. The van der Waals surface area contributed by atoms with Crippen molar-refractivity contribution in [2.75, 3.05) is 5.32 Å². The van der Waals surface area contributed by atoms with Crippen molar-refractivity contribution in [3.8, 4) is 0 Å². The van der Waals surface area contributed by atoms with E-state index in [0.29, 0.717) is 0 Å². The number of amides is 1. The van der Waals surface area contributed by atoms with Crippen LogP contribution in [-0.2, 0) is 4.79 Å². The van der Waals surface area contributed by atoms with Crippen LogP contribution in [0.1, 0.15) is 18.1 Å². The Bertz CT molecular complexity index is 795. The number of nitrogens with zero attached hydrogens (tertiary/aromatic N) is 1. The van der Waals surface area contributed by atoms with Gasteiger partial charge in [-0.15, -0.1) is 11.8 Å². The van der Waals surface area contributed by atoms with Crippen molar-refractivity contribution in [2.24, 2.45) is 0 Å². The van der Waals surface area contributed by atoms with E-state index in [1.54, 1.807) is 6.92 Å². The Kier molecular flexibility index (Phi) is 5.85. The molecule has 0 aliphatic carbocycles. The highest BCUT2D eigenvalue weighted by molar-refractivity contribution is 8.00. The van der Waals surface area contributed by atoms with E-state index in [1.807, 2.05) is 26.0 Å². The summed E-state index contributed by atoms with van der Waals surface area (Å²) in [6.45, 7) is 5.80. The Labute approximate surface area is 149 Å². The number of halogens is 1. The standard InChI is InChI=1S/C17H17ClN2O3S/c1-10-4-7-16(11(2)8-10)24-12(3)17(21)19-15-9-13(20(22)23)5-6-14(15)18/h4-9,12H,1-3H3,(H,19,21). The largest absolute Gasteiger partial charge is 0.324 e. The predicted octanol–water partition coefficient (Wildman–Crippen LogP) is 4.98. The van der Waals surface area contributed by atoms with Crippen molar-refractivity contribution in [1.29, 1.82) is 0 Å². The van der Waals surface area contributed by atoms with Crippen LogP contribution in [0.2, 0.25) is 5.02 Å². The molecule has 0 bridgehead atoms. The third-order valence-corrected chi connectivity index (χ3v) is 5.03. The number of aryl methyl sites for hydroxylation is 2. The maximum atomic E-state index is 12.4. The van der Waals surface area contributed by atoms with Crippen molar-refractivity contribution in [3.05, 3.63) is 62.7 Å². The molecule has 0 fully saturated rings. The predicted molar refractivity (Wildman–Crippen MR) is 98.0 cm³/mol. The lowest BCUT2D eigenvalue weighted by atomic mass is 10.2. The molecule has 126 valence electrons. The normalized spacial score (nSPS) is 11.8. The molecule has 2 rings (SSSR count). The van der Waals surface area contributed by atoms with E-state index in [4.69, 9.17) is 11.6 Å². The number of nitrogens with one attached hydrogen (secondary N) is 1. The molecule has 0 saturated carbocycles. The number of benzene rings is 2. The fourth-order valence-electron chi connectivity index (χ4n) is 2.13. The molecule has 0 spiro atoms. The van der Waals surface area contributed by atoms with Crippen molar-refractivity contribution >= 4 is 40.6 Å². The molecule has 0 aromatic heterocycles. The maximum absolute atomic E-state index is 12.4. The first-order valence-corrected chi connectivity index (χ1v) is 8.52. The lowest BCUT2D eigenvalue weighted by Crippen LogP contribution is -2.22. The zero-order chi connectivity index (χ0) is 17.9. The van der Waals surface area contributed by atoms with Crippen molar-refractivity contribution in [1.82, 2.24) is 0 Å². The minimum absolute atomic E-state index is 0.121. The van der Waals surface area contributed by atoms with E-state index in [2.05, 4.69) is 11.4 Å². The number of carbonyl (C=O) groups excluding carboxylic acids is 1. The number of nitro benzene ring substituents is 1. The molecule has 7 heteroatoms. The number of nitro groups is 1. The van der Waals surface area contributed by atoms with Crippen LogP contribution in [0, 0.1) is 24.0 Å². The van der Waals surface area contributed by atoms with Gasteiger partial charge in [0, 0.05) is 17.0 Å². The molecule has 1 unspecified atom stereocenters. The highest BCUT2D eigenvalue weighted by Crippen LogP contribution is 2.30. The van der Waals surface area contributed by atoms with Crippen LogP contribution in [0.3, 0.4) is 0 Å².